The highest BCUT2D eigenvalue weighted by molar-refractivity contribution is 7.99. The summed E-state index contributed by atoms with van der Waals surface area (Å²) in [7, 11) is 0. The molecule has 1 aliphatic heterocycles. The topological polar surface area (TPSA) is 30.5 Å². The number of hydrogen-bond donors (Lipinski definition) is 1. The predicted molar refractivity (Wildman–Crippen MR) is 91.9 cm³/mol. The van der Waals surface area contributed by atoms with Crippen LogP contribution in [-0.2, 0) is 0 Å². The largest absolute Gasteiger partial charge is 0.490 e. The molecule has 3 nitrogen and oxygen atoms in total. The predicted octanol–water partition coefficient (Wildman–Crippen LogP) is 4.43. The summed E-state index contributed by atoms with van der Waals surface area (Å²) in [6.07, 6.45) is 1.25. The monoisotopic (exact) mass is 309 g/mol. The Bertz CT molecular complexity index is 462. The molecule has 1 aliphatic rings. The Morgan fingerprint density at radius 3 is 2.57 bits per heavy atom. The Hall–Kier alpha value is -1.03. The van der Waals surface area contributed by atoms with Crippen molar-refractivity contribution < 1.29 is 9.47 Å². The van der Waals surface area contributed by atoms with Gasteiger partial charge in [0.15, 0.2) is 11.5 Å². The molecule has 0 radical (unpaired) electrons. The summed E-state index contributed by atoms with van der Waals surface area (Å²) in [5.74, 6) is 4.07. The van der Waals surface area contributed by atoms with Crippen molar-refractivity contribution in [2.45, 2.75) is 40.2 Å². The zero-order chi connectivity index (χ0) is 15.3. The van der Waals surface area contributed by atoms with Crippen LogP contribution in [0.15, 0.2) is 18.2 Å². The second-order valence-electron chi connectivity index (χ2n) is 6.04. The first-order valence-electron chi connectivity index (χ1n) is 7.80. The van der Waals surface area contributed by atoms with Crippen LogP contribution in [0, 0.1) is 5.41 Å². The maximum Gasteiger partial charge on any atom is 0.163 e. The van der Waals surface area contributed by atoms with E-state index >= 15 is 0 Å². The number of rotatable bonds is 6. The first kappa shape index (κ1) is 16.3. The molecule has 118 valence electrons. The van der Waals surface area contributed by atoms with Gasteiger partial charge in [-0.05, 0) is 43.6 Å². The lowest BCUT2D eigenvalue weighted by molar-refractivity contribution is 0.287. The van der Waals surface area contributed by atoms with Crippen LogP contribution in [0.4, 0.5) is 5.69 Å². The smallest absolute Gasteiger partial charge is 0.163 e. The van der Waals surface area contributed by atoms with E-state index in [4.69, 9.17) is 9.47 Å². The van der Waals surface area contributed by atoms with Gasteiger partial charge in [0.1, 0.15) is 0 Å². The zero-order valence-corrected chi connectivity index (χ0v) is 14.4. The van der Waals surface area contributed by atoms with E-state index in [1.807, 2.05) is 31.7 Å². The lowest BCUT2D eigenvalue weighted by Gasteiger charge is -2.39. The van der Waals surface area contributed by atoms with Crippen molar-refractivity contribution >= 4 is 17.4 Å². The summed E-state index contributed by atoms with van der Waals surface area (Å²) in [5.41, 5.74) is 1.44. The van der Waals surface area contributed by atoms with Gasteiger partial charge in [0.05, 0.1) is 13.2 Å². The third kappa shape index (κ3) is 4.22. The van der Waals surface area contributed by atoms with Gasteiger partial charge in [-0.1, -0.05) is 13.8 Å². The first-order chi connectivity index (χ1) is 10.1. The third-order valence-electron chi connectivity index (χ3n) is 4.00. The number of anilines is 1. The van der Waals surface area contributed by atoms with Gasteiger partial charge < -0.3 is 14.8 Å². The second-order valence-corrected chi connectivity index (χ2v) is 7.19. The quantitative estimate of drug-likeness (QED) is 0.842. The molecule has 1 aromatic rings. The average molecular weight is 309 g/mol. The van der Waals surface area contributed by atoms with Gasteiger partial charge in [-0.15, -0.1) is 0 Å². The van der Waals surface area contributed by atoms with Crippen molar-refractivity contribution in [3.8, 4) is 11.5 Å². The Morgan fingerprint density at radius 1 is 1.19 bits per heavy atom. The molecular formula is C17H27NO2S. The van der Waals surface area contributed by atoms with Crippen molar-refractivity contribution in [1.29, 1.82) is 0 Å². The van der Waals surface area contributed by atoms with Gasteiger partial charge >= 0.3 is 0 Å². The Labute approximate surface area is 132 Å². The SMILES string of the molecule is CCOc1ccc(NC2CSCCC2(C)C)cc1OCC. The number of hydrogen-bond acceptors (Lipinski definition) is 4. The van der Waals surface area contributed by atoms with Crippen molar-refractivity contribution in [2.75, 3.05) is 30.0 Å². The molecule has 1 saturated heterocycles. The van der Waals surface area contributed by atoms with Gasteiger partial charge in [-0.3, -0.25) is 0 Å². The molecule has 0 aromatic heterocycles. The summed E-state index contributed by atoms with van der Waals surface area (Å²) < 4.78 is 11.3. The van der Waals surface area contributed by atoms with Crippen molar-refractivity contribution in [2.24, 2.45) is 5.41 Å². The Morgan fingerprint density at radius 2 is 1.90 bits per heavy atom. The van der Waals surface area contributed by atoms with E-state index in [0.29, 0.717) is 24.7 Å². The lowest BCUT2D eigenvalue weighted by Crippen LogP contribution is -2.41. The fourth-order valence-corrected chi connectivity index (χ4v) is 4.12. The highest BCUT2D eigenvalue weighted by Crippen LogP contribution is 2.37. The first-order valence-corrected chi connectivity index (χ1v) is 8.96. The second kappa shape index (κ2) is 7.30. The normalized spacial score (nSPS) is 20.9. The van der Waals surface area contributed by atoms with Crippen LogP contribution in [0.3, 0.4) is 0 Å². The zero-order valence-electron chi connectivity index (χ0n) is 13.6. The van der Waals surface area contributed by atoms with E-state index in [1.165, 1.54) is 12.2 Å². The van der Waals surface area contributed by atoms with Crippen LogP contribution in [0.2, 0.25) is 0 Å². The van der Waals surface area contributed by atoms with Gasteiger partial charge in [0.25, 0.3) is 0 Å². The number of ether oxygens (including phenoxy) is 2. The van der Waals surface area contributed by atoms with Crippen molar-refractivity contribution in [1.82, 2.24) is 0 Å². The lowest BCUT2D eigenvalue weighted by atomic mass is 9.82. The molecule has 4 heteroatoms. The molecule has 0 aliphatic carbocycles. The molecule has 21 heavy (non-hydrogen) atoms. The van der Waals surface area contributed by atoms with E-state index in [0.717, 1.165) is 22.9 Å². The highest BCUT2D eigenvalue weighted by atomic mass is 32.2. The fraction of sp³-hybridized carbons (Fsp3) is 0.647. The summed E-state index contributed by atoms with van der Waals surface area (Å²) in [5, 5.41) is 3.68. The van der Waals surface area contributed by atoms with Crippen LogP contribution in [0.25, 0.3) is 0 Å². The molecule has 1 atom stereocenters. The van der Waals surface area contributed by atoms with Crippen LogP contribution < -0.4 is 14.8 Å². The van der Waals surface area contributed by atoms with Crippen LogP contribution in [-0.4, -0.2) is 30.8 Å². The maximum atomic E-state index is 5.70. The van der Waals surface area contributed by atoms with Gasteiger partial charge in [0, 0.05) is 23.5 Å². The molecule has 0 bridgehead atoms. The van der Waals surface area contributed by atoms with Gasteiger partial charge in [0.2, 0.25) is 0 Å². The van der Waals surface area contributed by atoms with Crippen LogP contribution in [0.5, 0.6) is 11.5 Å². The summed E-state index contributed by atoms with van der Waals surface area (Å²) in [6.45, 7) is 9.98. The average Bonchev–Trinajstić information content (AvgIpc) is 2.44. The molecule has 0 amide bonds. The minimum atomic E-state index is 0.329. The molecule has 1 unspecified atom stereocenters. The van der Waals surface area contributed by atoms with E-state index in [1.54, 1.807) is 0 Å². The van der Waals surface area contributed by atoms with E-state index in [-0.39, 0.29) is 0 Å². The number of thioether (sulfide) groups is 1. The van der Waals surface area contributed by atoms with Crippen molar-refractivity contribution in [3.63, 3.8) is 0 Å². The van der Waals surface area contributed by atoms with Crippen LogP contribution >= 0.6 is 11.8 Å². The Balaban J connectivity index is 2.14. The molecule has 1 heterocycles. The summed E-state index contributed by atoms with van der Waals surface area (Å²) in [6, 6.07) is 6.63. The molecule has 1 fully saturated rings. The standard InChI is InChI=1S/C17H27NO2S/c1-5-19-14-8-7-13(11-15(14)20-6-2)18-16-12-21-10-9-17(16,3)4/h7-8,11,16,18H,5-6,9-10,12H2,1-4H3. The van der Waals surface area contributed by atoms with Gasteiger partial charge in [-0.2, -0.15) is 11.8 Å². The molecule has 0 saturated carbocycles. The van der Waals surface area contributed by atoms with Crippen LogP contribution in [0.1, 0.15) is 34.1 Å². The minimum absolute atomic E-state index is 0.329. The van der Waals surface area contributed by atoms with E-state index in [9.17, 15) is 0 Å². The van der Waals surface area contributed by atoms with Crippen molar-refractivity contribution in [3.05, 3.63) is 18.2 Å². The minimum Gasteiger partial charge on any atom is -0.490 e. The fourth-order valence-electron chi connectivity index (χ4n) is 2.52. The van der Waals surface area contributed by atoms with E-state index < -0.39 is 0 Å². The number of benzene rings is 1. The molecule has 1 N–H and O–H groups in total. The molecule has 1 aromatic carbocycles. The highest BCUT2D eigenvalue weighted by Gasteiger charge is 2.32. The summed E-state index contributed by atoms with van der Waals surface area (Å²) in [4.78, 5) is 0. The summed E-state index contributed by atoms with van der Waals surface area (Å²) >= 11 is 2.03. The van der Waals surface area contributed by atoms with E-state index in [2.05, 4.69) is 31.3 Å². The number of nitrogens with one attached hydrogen (secondary N) is 1. The maximum absolute atomic E-state index is 5.70. The van der Waals surface area contributed by atoms with Gasteiger partial charge in [-0.25, -0.2) is 0 Å². The molecule has 2 rings (SSSR count). The molecular weight excluding hydrogens is 282 g/mol. The Kier molecular flexibility index (Phi) is 5.68. The third-order valence-corrected chi connectivity index (χ3v) is 5.06. The molecule has 0 spiro atoms.